The van der Waals surface area contributed by atoms with Crippen molar-refractivity contribution in [3.8, 4) is 11.5 Å². The Balaban J connectivity index is 1.70. The van der Waals surface area contributed by atoms with E-state index in [4.69, 9.17) is 4.74 Å². The number of thioether (sulfide) groups is 1. The standard InChI is InChI=1S/C23H22F2N2O5S/c1-3-14-5-8-16(9-6-14)26-20(28)13-27-21(29)19(33-23(27)30)12-15-7-10-17(32-22(24)25)18(11-15)31-4-2/h5-12,22H,3-4,13H2,1-2H3,(H,26,28)/b19-12-. The van der Waals surface area contributed by atoms with Gasteiger partial charge in [-0.15, -0.1) is 0 Å². The van der Waals surface area contributed by atoms with E-state index in [0.717, 1.165) is 16.9 Å². The van der Waals surface area contributed by atoms with E-state index in [9.17, 15) is 23.2 Å². The fraction of sp³-hybridized carbons (Fsp3) is 0.261. The van der Waals surface area contributed by atoms with Gasteiger partial charge in [0.2, 0.25) is 5.91 Å². The lowest BCUT2D eigenvalue weighted by Gasteiger charge is -2.13. The van der Waals surface area contributed by atoms with Crippen LogP contribution in [0.1, 0.15) is 25.0 Å². The normalized spacial score (nSPS) is 14.8. The number of hydrogen-bond donors (Lipinski definition) is 1. The summed E-state index contributed by atoms with van der Waals surface area (Å²) in [6.45, 7) is 0.485. The van der Waals surface area contributed by atoms with Crippen LogP contribution in [-0.4, -0.2) is 41.7 Å². The summed E-state index contributed by atoms with van der Waals surface area (Å²) in [6, 6.07) is 11.5. The molecular weight excluding hydrogens is 454 g/mol. The molecule has 2 aromatic rings. The van der Waals surface area contributed by atoms with Gasteiger partial charge in [0.05, 0.1) is 11.5 Å². The molecule has 33 heavy (non-hydrogen) atoms. The minimum Gasteiger partial charge on any atom is -0.490 e. The Morgan fingerprint density at radius 2 is 1.85 bits per heavy atom. The quantitative estimate of drug-likeness (QED) is 0.517. The molecule has 0 spiro atoms. The van der Waals surface area contributed by atoms with E-state index in [-0.39, 0.29) is 23.0 Å². The number of halogens is 2. The summed E-state index contributed by atoms with van der Waals surface area (Å²) in [6.07, 6.45) is 2.30. The van der Waals surface area contributed by atoms with Crippen LogP contribution in [0.15, 0.2) is 47.4 Å². The molecule has 10 heteroatoms. The van der Waals surface area contributed by atoms with Crippen molar-refractivity contribution in [3.05, 3.63) is 58.5 Å². The maximum absolute atomic E-state index is 12.7. The first-order valence-corrected chi connectivity index (χ1v) is 11.0. The summed E-state index contributed by atoms with van der Waals surface area (Å²) in [5.41, 5.74) is 2.13. The Labute approximate surface area is 193 Å². The molecule has 0 bridgehead atoms. The van der Waals surface area contributed by atoms with E-state index >= 15 is 0 Å². The Hall–Kier alpha value is -3.40. The van der Waals surface area contributed by atoms with Crippen molar-refractivity contribution in [2.75, 3.05) is 18.5 Å². The molecule has 0 aromatic heterocycles. The van der Waals surface area contributed by atoms with Crippen LogP contribution in [0.3, 0.4) is 0 Å². The van der Waals surface area contributed by atoms with Crippen molar-refractivity contribution in [1.82, 2.24) is 4.90 Å². The van der Waals surface area contributed by atoms with Crippen LogP contribution in [0.2, 0.25) is 0 Å². The van der Waals surface area contributed by atoms with Gasteiger partial charge in [-0.1, -0.05) is 25.1 Å². The van der Waals surface area contributed by atoms with Gasteiger partial charge in [-0.3, -0.25) is 19.3 Å². The Morgan fingerprint density at radius 1 is 1.12 bits per heavy atom. The van der Waals surface area contributed by atoms with Gasteiger partial charge >= 0.3 is 6.61 Å². The average molecular weight is 477 g/mol. The molecule has 1 N–H and O–H groups in total. The third kappa shape index (κ3) is 6.32. The fourth-order valence-electron chi connectivity index (χ4n) is 3.03. The first-order valence-electron chi connectivity index (χ1n) is 10.2. The van der Waals surface area contributed by atoms with Gasteiger partial charge in [-0.05, 0) is 66.6 Å². The Morgan fingerprint density at radius 3 is 2.48 bits per heavy atom. The van der Waals surface area contributed by atoms with E-state index in [1.54, 1.807) is 19.1 Å². The highest BCUT2D eigenvalue weighted by Crippen LogP contribution is 2.35. The molecule has 1 fully saturated rings. The van der Waals surface area contributed by atoms with Gasteiger partial charge < -0.3 is 14.8 Å². The summed E-state index contributed by atoms with van der Waals surface area (Å²) in [5, 5.41) is 2.09. The maximum atomic E-state index is 12.7. The number of rotatable bonds is 9. The third-order valence-corrected chi connectivity index (χ3v) is 5.51. The minimum absolute atomic E-state index is 0.0826. The van der Waals surface area contributed by atoms with E-state index in [1.807, 2.05) is 19.1 Å². The molecule has 3 amide bonds. The van der Waals surface area contributed by atoms with Crippen molar-refractivity contribution in [2.24, 2.45) is 0 Å². The van der Waals surface area contributed by atoms with Crippen LogP contribution in [0.25, 0.3) is 6.08 Å². The number of benzene rings is 2. The van der Waals surface area contributed by atoms with Gasteiger partial charge in [0.15, 0.2) is 11.5 Å². The molecule has 1 aliphatic rings. The van der Waals surface area contributed by atoms with Gasteiger partial charge in [0.1, 0.15) is 6.54 Å². The number of hydrogen-bond acceptors (Lipinski definition) is 6. The number of carbonyl (C=O) groups is 3. The largest absolute Gasteiger partial charge is 0.490 e. The number of nitrogens with one attached hydrogen (secondary N) is 1. The number of ether oxygens (including phenoxy) is 2. The highest BCUT2D eigenvalue weighted by molar-refractivity contribution is 8.18. The molecule has 2 aromatic carbocycles. The molecule has 0 aliphatic carbocycles. The zero-order chi connectivity index (χ0) is 24.0. The molecule has 0 unspecified atom stereocenters. The molecular formula is C23H22F2N2O5S. The molecule has 0 saturated carbocycles. The number of nitrogens with zero attached hydrogens (tertiary/aromatic N) is 1. The second-order valence-corrected chi connectivity index (χ2v) is 7.88. The van der Waals surface area contributed by atoms with Crippen LogP contribution in [0, 0.1) is 0 Å². The van der Waals surface area contributed by atoms with Crippen LogP contribution in [0.4, 0.5) is 19.3 Å². The number of anilines is 1. The topological polar surface area (TPSA) is 84.9 Å². The lowest BCUT2D eigenvalue weighted by Crippen LogP contribution is -2.36. The SMILES string of the molecule is CCOc1cc(/C=C2\SC(=O)N(CC(=O)Nc3ccc(CC)cc3)C2=O)ccc1OC(F)F. The highest BCUT2D eigenvalue weighted by atomic mass is 32.2. The van der Waals surface area contributed by atoms with Crippen LogP contribution >= 0.6 is 11.8 Å². The molecule has 1 saturated heterocycles. The minimum atomic E-state index is -3.01. The Bertz CT molecular complexity index is 1070. The second-order valence-electron chi connectivity index (χ2n) is 6.88. The molecule has 3 rings (SSSR count). The van der Waals surface area contributed by atoms with E-state index in [0.29, 0.717) is 23.0 Å². The second kappa shape index (κ2) is 11.0. The number of carbonyl (C=O) groups excluding carboxylic acids is 3. The lowest BCUT2D eigenvalue weighted by atomic mass is 10.1. The first kappa shape index (κ1) is 24.2. The van der Waals surface area contributed by atoms with Gasteiger partial charge in [0, 0.05) is 5.69 Å². The predicted octanol–water partition coefficient (Wildman–Crippen LogP) is 4.92. The molecule has 174 valence electrons. The molecule has 1 heterocycles. The fourth-order valence-corrected chi connectivity index (χ4v) is 3.87. The van der Waals surface area contributed by atoms with E-state index in [1.165, 1.54) is 24.3 Å². The summed E-state index contributed by atoms with van der Waals surface area (Å²) in [4.78, 5) is 38.3. The van der Waals surface area contributed by atoms with Crippen LogP contribution in [-0.2, 0) is 16.0 Å². The summed E-state index contributed by atoms with van der Waals surface area (Å²) in [7, 11) is 0. The van der Waals surface area contributed by atoms with Gasteiger partial charge in [-0.25, -0.2) is 0 Å². The molecule has 1 aliphatic heterocycles. The monoisotopic (exact) mass is 476 g/mol. The average Bonchev–Trinajstić information content (AvgIpc) is 3.03. The number of aryl methyl sites for hydroxylation is 1. The molecule has 0 atom stereocenters. The maximum Gasteiger partial charge on any atom is 0.387 e. The summed E-state index contributed by atoms with van der Waals surface area (Å²) in [5.74, 6) is -1.18. The number of alkyl halides is 2. The van der Waals surface area contributed by atoms with Crippen molar-refractivity contribution in [3.63, 3.8) is 0 Å². The number of imide groups is 1. The van der Waals surface area contributed by atoms with Crippen LogP contribution < -0.4 is 14.8 Å². The van der Waals surface area contributed by atoms with Gasteiger partial charge in [0.25, 0.3) is 11.1 Å². The van der Waals surface area contributed by atoms with Crippen molar-refractivity contribution in [1.29, 1.82) is 0 Å². The molecule has 7 nitrogen and oxygen atoms in total. The van der Waals surface area contributed by atoms with Gasteiger partial charge in [-0.2, -0.15) is 8.78 Å². The van der Waals surface area contributed by atoms with Crippen molar-refractivity contribution >= 4 is 40.6 Å². The number of amides is 3. The first-order chi connectivity index (χ1) is 15.8. The lowest BCUT2D eigenvalue weighted by molar-refractivity contribution is -0.127. The highest BCUT2D eigenvalue weighted by Gasteiger charge is 2.36. The third-order valence-electron chi connectivity index (χ3n) is 4.60. The Kier molecular flexibility index (Phi) is 8.05. The zero-order valence-electron chi connectivity index (χ0n) is 18.0. The van der Waals surface area contributed by atoms with Crippen molar-refractivity contribution < 1.29 is 32.6 Å². The van der Waals surface area contributed by atoms with E-state index < -0.39 is 30.2 Å². The zero-order valence-corrected chi connectivity index (χ0v) is 18.8. The summed E-state index contributed by atoms with van der Waals surface area (Å²) < 4.78 is 34.9. The van der Waals surface area contributed by atoms with E-state index in [2.05, 4.69) is 10.1 Å². The smallest absolute Gasteiger partial charge is 0.387 e. The van der Waals surface area contributed by atoms with Crippen LogP contribution in [0.5, 0.6) is 11.5 Å². The summed E-state index contributed by atoms with van der Waals surface area (Å²) >= 11 is 0.690. The predicted molar refractivity (Wildman–Crippen MR) is 121 cm³/mol. The van der Waals surface area contributed by atoms with Crippen molar-refractivity contribution in [2.45, 2.75) is 26.9 Å². The molecule has 0 radical (unpaired) electrons.